The summed E-state index contributed by atoms with van der Waals surface area (Å²) in [5.41, 5.74) is 2.38. The quantitative estimate of drug-likeness (QED) is 0.565. The molecule has 0 saturated carbocycles. The van der Waals surface area contributed by atoms with Crippen LogP contribution in [0.3, 0.4) is 0 Å². The van der Waals surface area contributed by atoms with Crippen molar-refractivity contribution in [2.45, 2.75) is 6.54 Å². The lowest BCUT2D eigenvalue weighted by Crippen LogP contribution is -2.05. The zero-order valence-electron chi connectivity index (χ0n) is 12.9. The summed E-state index contributed by atoms with van der Waals surface area (Å²) in [5, 5.41) is 3.50. The number of carbonyl (C=O) groups excluding carboxylic acids is 1. The lowest BCUT2D eigenvalue weighted by molar-refractivity contribution is 0.0600. The lowest BCUT2D eigenvalue weighted by Gasteiger charge is -2.08. The van der Waals surface area contributed by atoms with Crippen molar-refractivity contribution in [1.29, 1.82) is 0 Å². The third-order valence-electron chi connectivity index (χ3n) is 3.40. The highest BCUT2D eigenvalue weighted by atomic mass is 35.5. The Morgan fingerprint density at radius 1 is 1.29 bits per heavy atom. The number of ether oxygens (including phenoxy) is 1. The molecule has 1 aromatic carbocycles. The molecule has 0 bridgehead atoms. The summed E-state index contributed by atoms with van der Waals surface area (Å²) in [6.07, 6.45) is 1.63. The fourth-order valence-corrected chi connectivity index (χ4v) is 2.80. The number of aromatic nitrogens is 4. The number of esters is 1. The van der Waals surface area contributed by atoms with E-state index in [2.05, 4.69) is 20.3 Å². The number of rotatable bonds is 4. The van der Waals surface area contributed by atoms with E-state index in [1.807, 2.05) is 0 Å². The Labute approximate surface area is 147 Å². The van der Waals surface area contributed by atoms with E-state index in [9.17, 15) is 4.79 Å². The van der Waals surface area contributed by atoms with E-state index in [4.69, 9.17) is 27.9 Å². The number of hydrogen-bond donors (Lipinski definition) is 1. The molecule has 0 unspecified atom stereocenters. The molecule has 2 heterocycles. The van der Waals surface area contributed by atoms with Crippen LogP contribution in [0.2, 0.25) is 10.3 Å². The van der Waals surface area contributed by atoms with Crippen LogP contribution in [0.15, 0.2) is 24.5 Å². The van der Waals surface area contributed by atoms with E-state index in [-0.39, 0.29) is 5.28 Å². The molecule has 124 valence electrons. The van der Waals surface area contributed by atoms with Crippen molar-refractivity contribution in [3.05, 3.63) is 46.0 Å². The van der Waals surface area contributed by atoms with E-state index in [0.29, 0.717) is 34.1 Å². The van der Waals surface area contributed by atoms with Gasteiger partial charge < -0.3 is 14.6 Å². The number of benzene rings is 1. The zero-order valence-corrected chi connectivity index (χ0v) is 14.4. The van der Waals surface area contributed by atoms with E-state index in [1.165, 1.54) is 7.11 Å². The Morgan fingerprint density at radius 3 is 2.79 bits per heavy atom. The summed E-state index contributed by atoms with van der Waals surface area (Å²) in [6.45, 7) is 0.414. The maximum absolute atomic E-state index is 11.7. The van der Waals surface area contributed by atoms with Gasteiger partial charge in [-0.05, 0) is 35.4 Å². The van der Waals surface area contributed by atoms with Gasteiger partial charge in [-0.2, -0.15) is 9.97 Å². The number of carbonyl (C=O) groups is 1. The smallest absolute Gasteiger partial charge is 0.337 e. The van der Waals surface area contributed by atoms with Crippen molar-refractivity contribution in [1.82, 2.24) is 19.5 Å². The standard InChI is InChI=1S/C15H13Cl2N5O2/c1-18-12-11-13(21-15(17)20-12)22(7-19-11)6-8-3-9(14(23)24-2)5-10(16)4-8/h3-5,7H,6H2,1-2H3,(H,18,20,21). The van der Waals surface area contributed by atoms with Crippen LogP contribution in [0, 0.1) is 0 Å². The minimum absolute atomic E-state index is 0.120. The molecule has 9 heteroatoms. The Hall–Kier alpha value is -2.38. The van der Waals surface area contributed by atoms with Gasteiger partial charge in [0.2, 0.25) is 5.28 Å². The van der Waals surface area contributed by atoms with Crippen LogP contribution in [-0.4, -0.2) is 39.6 Å². The Morgan fingerprint density at radius 2 is 2.08 bits per heavy atom. The maximum Gasteiger partial charge on any atom is 0.337 e. The number of imidazole rings is 1. The molecule has 0 aliphatic heterocycles. The topological polar surface area (TPSA) is 81.9 Å². The molecule has 0 fully saturated rings. The van der Waals surface area contributed by atoms with Gasteiger partial charge in [0.25, 0.3) is 0 Å². The summed E-state index contributed by atoms with van der Waals surface area (Å²) >= 11 is 12.1. The van der Waals surface area contributed by atoms with Crippen LogP contribution < -0.4 is 5.32 Å². The number of nitrogens with one attached hydrogen (secondary N) is 1. The fourth-order valence-electron chi connectivity index (χ4n) is 2.38. The van der Waals surface area contributed by atoms with Crippen molar-refractivity contribution in [3.8, 4) is 0 Å². The highest BCUT2D eigenvalue weighted by Crippen LogP contribution is 2.22. The predicted octanol–water partition coefficient (Wildman–Crippen LogP) is 3.01. The summed E-state index contributed by atoms with van der Waals surface area (Å²) in [7, 11) is 3.06. The molecule has 2 aromatic heterocycles. The largest absolute Gasteiger partial charge is 0.465 e. The van der Waals surface area contributed by atoms with Crippen molar-refractivity contribution in [3.63, 3.8) is 0 Å². The second-order valence-corrected chi connectivity index (χ2v) is 5.75. The minimum atomic E-state index is -0.447. The molecular formula is C15H13Cl2N5O2. The van der Waals surface area contributed by atoms with Crippen molar-refractivity contribution in [2.24, 2.45) is 0 Å². The molecule has 0 aliphatic carbocycles. The van der Waals surface area contributed by atoms with E-state index < -0.39 is 5.97 Å². The molecule has 0 spiro atoms. The number of methoxy groups -OCH3 is 1. The van der Waals surface area contributed by atoms with Crippen LogP contribution >= 0.6 is 23.2 Å². The van der Waals surface area contributed by atoms with Gasteiger partial charge in [0.05, 0.1) is 25.5 Å². The molecule has 0 aliphatic rings. The first kappa shape index (κ1) is 16.5. The summed E-state index contributed by atoms with van der Waals surface area (Å²) in [4.78, 5) is 24.3. The first-order chi connectivity index (χ1) is 11.5. The summed E-state index contributed by atoms with van der Waals surface area (Å²) < 4.78 is 6.54. The fraction of sp³-hybridized carbons (Fsp3) is 0.200. The summed E-state index contributed by atoms with van der Waals surface area (Å²) in [6, 6.07) is 5.04. The number of fused-ring (bicyclic) bond motifs is 1. The normalized spacial score (nSPS) is 10.8. The van der Waals surface area contributed by atoms with Crippen LogP contribution in [0.1, 0.15) is 15.9 Å². The molecule has 1 N–H and O–H groups in total. The van der Waals surface area contributed by atoms with Gasteiger partial charge in [0.15, 0.2) is 17.0 Å². The zero-order chi connectivity index (χ0) is 17.3. The van der Waals surface area contributed by atoms with Crippen LogP contribution in [0.5, 0.6) is 0 Å². The Balaban J connectivity index is 2.03. The predicted molar refractivity (Wildman–Crippen MR) is 91.8 cm³/mol. The van der Waals surface area contributed by atoms with Crippen molar-refractivity contribution >= 4 is 46.2 Å². The molecule has 3 rings (SSSR count). The summed E-state index contributed by atoms with van der Waals surface area (Å²) in [5.74, 6) is 0.0992. The third-order valence-corrected chi connectivity index (χ3v) is 3.79. The molecular weight excluding hydrogens is 353 g/mol. The third kappa shape index (κ3) is 3.13. The van der Waals surface area contributed by atoms with E-state index >= 15 is 0 Å². The van der Waals surface area contributed by atoms with Gasteiger partial charge in [0, 0.05) is 12.1 Å². The maximum atomic E-state index is 11.7. The molecule has 0 amide bonds. The van der Waals surface area contributed by atoms with Gasteiger partial charge in [-0.15, -0.1) is 0 Å². The van der Waals surface area contributed by atoms with Crippen molar-refractivity contribution in [2.75, 3.05) is 19.5 Å². The van der Waals surface area contributed by atoms with E-state index in [1.54, 1.807) is 36.1 Å². The van der Waals surface area contributed by atoms with Crippen molar-refractivity contribution < 1.29 is 9.53 Å². The van der Waals surface area contributed by atoms with E-state index in [0.717, 1.165) is 5.56 Å². The average Bonchev–Trinajstić information content (AvgIpc) is 2.95. The van der Waals surface area contributed by atoms with Gasteiger partial charge >= 0.3 is 5.97 Å². The molecule has 7 nitrogen and oxygen atoms in total. The SMILES string of the molecule is CNc1nc(Cl)nc2c1ncn2Cc1cc(Cl)cc(C(=O)OC)c1. The second kappa shape index (κ2) is 6.62. The highest BCUT2D eigenvalue weighted by molar-refractivity contribution is 6.31. The average molecular weight is 366 g/mol. The molecule has 3 aromatic rings. The second-order valence-electron chi connectivity index (χ2n) is 4.98. The van der Waals surface area contributed by atoms with Crippen LogP contribution in [0.4, 0.5) is 5.82 Å². The van der Waals surface area contributed by atoms with Crippen LogP contribution in [0.25, 0.3) is 11.2 Å². The molecule has 0 saturated heterocycles. The Bertz CT molecular complexity index is 926. The van der Waals surface area contributed by atoms with Gasteiger partial charge in [0.1, 0.15) is 0 Å². The number of anilines is 1. The molecule has 24 heavy (non-hydrogen) atoms. The first-order valence-electron chi connectivity index (χ1n) is 6.95. The Kier molecular flexibility index (Phi) is 4.55. The minimum Gasteiger partial charge on any atom is -0.465 e. The lowest BCUT2D eigenvalue weighted by atomic mass is 10.1. The van der Waals surface area contributed by atoms with Gasteiger partial charge in [-0.1, -0.05) is 11.6 Å². The van der Waals surface area contributed by atoms with Gasteiger partial charge in [-0.25, -0.2) is 9.78 Å². The van der Waals surface area contributed by atoms with Gasteiger partial charge in [-0.3, -0.25) is 0 Å². The number of hydrogen-bond acceptors (Lipinski definition) is 6. The highest BCUT2D eigenvalue weighted by Gasteiger charge is 2.13. The number of nitrogens with zero attached hydrogens (tertiary/aromatic N) is 4. The molecule has 0 radical (unpaired) electrons. The number of halogens is 2. The first-order valence-corrected chi connectivity index (χ1v) is 7.71. The molecule has 0 atom stereocenters. The van der Waals surface area contributed by atoms with Crippen LogP contribution in [-0.2, 0) is 11.3 Å². The monoisotopic (exact) mass is 365 g/mol.